The normalized spacial score (nSPS) is 10.3. The van der Waals surface area contributed by atoms with Crippen molar-refractivity contribution in [2.24, 2.45) is 5.73 Å². The lowest BCUT2D eigenvalue weighted by atomic mass is 10.2. The van der Waals surface area contributed by atoms with E-state index in [-0.39, 0.29) is 17.8 Å². The van der Waals surface area contributed by atoms with Crippen molar-refractivity contribution in [2.75, 3.05) is 11.9 Å². The molecule has 14 heavy (non-hydrogen) atoms. The van der Waals surface area contributed by atoms with E-state index in [1.165, 1.54) is 12.1 Å². The quantitative estimate of drug-likeness (QED) is 0.782. The van der Waals surface area contributed by atoms with Gasteiger partial charge in [0.2, 0.25) is 0 Å². The maximum atomic E-state index is 13.3. The zero-order chi connectivity index (χ0) is 10.6. The molecule has 0 saturated carbocycles. The Morgan fingerprint density at radius 2 is 2.00 bits per heavy atom. The molecule has 0 aromatic heterocycles. The number of nitrogens with one attached hydrogen (secondary N) is 1. The molecule has 78 valence electrons. The molecular weight excluding hydrogens is 186 g/mol. The number of rotatable bonds is 4. The first-order chi connectivity index (χ1) is 6.70. The summed E-state index contributed by atoms with van der Waals surface area (Å²) in [6.07, 6.45) is 0.861. The Morgan fingerprint density at radius 1 is 1.29 bits per heavy atom. The van der Waals surface area contributed by atoms with Gasteiger partial charge in [0, 0.05) is 18.7 Å². The molecule has 0 fully saturated rings. The van der Waals surface area contributed by atoms with E-state index in [4.69, 9.17) is 5.73 Å². The predicted octanol–water partition coefficient (Wildman–Crippen LogP) is 2.25. The van der Waals surface area contributed by atoms with Crippen LogP contribution in [-0.4, -0.2) is 6.54 Å². The fourth-order valence-electron chi connectivity index (χ4n) is 1.14. The van der Waals surface area contributed by atoms with Gasteiger partial charge in [-0.1, -0.05) is 13.0 Å². The van der Waals surface area contributed by atoms with Gasteiger partial charge in [0.15, 0.2) is 11.6 Å². The van der Waals surface area contributed by atoms with Gasteiger partial charge in [-0.05, 0) is 12.5 Å². The van der Waals surface area contributed by atoms with Crippen LogP contribution in [0.3, 0.4) is 0 Å². The summed E-state index contributed by atoms with van der Waals surface area (Å²) >= 11 is 0. The van der Waals surface area contributed by atoms with Gasteiger partial charge in [-0.3, -0.25) is 0 Å². The van der Waals surface area contributed by atoms with Crippen LogP contribution in [-0.2, 0) is 6.54 Å². The molecule has 0 amide bonds. The SMILES string of the molecule is CCCNc1ccc(CN)c(F)c1F. The van der Waals surface area contributed by atoms with E-state index in [9.17, 15) is 8.78 Å². The van der Waals surface area contributed by atoms with Gasteiger partial charge in [-0.15, -0.1) is 0 Å². The minimum atomic E-state index is -0.853. The van der Waals surface area contributed by atoms with E-state index in [1.807, 2.05) is 6.92 Å². The second-order valence-corrected chi connectivity index (χ2v) is 3.03. The van der Waals surface area contributed by atoms with Crippen LogP contribution >= 0.6 is 0 Å². The van der Waals surface area contributed by atoms with Gasteiger partial charge < -0.3 is 11.1 Å². The summed E-state index contributed by atoms with van der Waals surface area (Å²) in [5, 5.41) is 2.80. The number of benzene rings is 1. The molecule has 0 atom stereocenters. The molecule has 4 heteroatoms. The minimum Gasteiger partial charge on any atom is -0.383 e. The average Bonchev–Trinajstić information content (AvgIpc) is 2.20. The van der Waals surface area contributed by atoms with Crippen LogP contribution in [0.4, 0.5) is 14.5 Å². The van der Waals surface area contributed by atoms with E-state index in [0.29, 0.717) is 6.54 Å². The summed E-state index contributed by atoms with van der Waals surface area (Å²) in [5.41, 5.74) is 5.64. The number of nitrogens with two attached hydrogens (primary N) is 1. The largest absolute Gasteiger partial charge is 0.383 e. The molecule has 0 aliphatic carbocycles. The lowest BCUT2D eigenvalue weighted by Crippen LogP contribution is -2.07. The minimum absolute atomic E-state index is 0.0107. The summed E-state index contributed by atoms with van der Waals surface area (Å²) in [6, 6.07) is 3.01. The molecule has 3 N–H and O–H groups in total. The Hall–Kier alpha value is -1.16. The van der Waals surface area contributed by atoms with Gasteiger partial charge in [-0.2, -0.15) is 0 Å². The van der Waals surface area contributed by atoms with Crippen molar-refractivity contribution in [1.29, 1.82) is 0 Å². The number of hydrogen-bond donors (Lipinski definition) is 2. The zero-order valence-electron chi connectivity index (χ0n) is 8.11. The molecule has 0 aliphatic rings. The Labute approximate surface area is 82.1 Å². The summed E-state index contributed by atoms with van der Waals surface area (Å²) < 4.78 is 26.5. The Bertz CT molecular complexity index is 313. The van der Waals surface area contributed by atoms with Crippen LogP contribution in [0.15, 0.2) is 12.1 Å². The fourth-order valence-corrected chi connectivity index (χ4v) is 1.14. The van der Waals surface area contributed by atoms with E-state index in [2.05, 4.69) is 5.32 Å². The molecule has 2 nitrogen and oxygen atoms in total. The van der Waals surface area contributed by atoms with E-state index < -0.39 is 11.6 Å². The van der Waals surface area contributed by atoms with Gasteiger partial charge in [0.1, 0.15) is 0 Å². The monoisotopic (exact) mass is 200 g/mol. The highest BCUT2D eigenvalue weighted by Crippen LogP contribution is 2.20. The van der Waals surface area contributed by atoms with Crippen LogP contribution in [0.25, 0.3) is 0 Å². The highest BCUT2D eigenvalue weighted by molar-refractivity contribution is 5.47. The molecule has 0 radical (unpaired) electrons. The van der Waals surface area contributed by atoms with Crippen LogP contribution in [0, 0.1) is 11.6 Å². The van der Waals surface area contributed by atoms with Crippen LogP contribution in [0.5, 0.6) is 0 Å². The van der Waals surface area contributed by atoms with E-state index in [1.54, 1.807) is 0 Å². The van der Waals surface area contributed by atoms with Crippen LogP contribution in [0.2, 0.25) is 0 Å². The maximum absolute atomic E-state index is 13.3. The summed E-state index contributed by atoms with van der Waals surface area (Å²) in [4.78, 5) is 0. The topological polar surface area (TPSA) is 38.0 Å². The third kappa shape index (κ3) is 2.20. The number of anilines is 1. The first-order valence-corrected chi connectivity index (χ1v) is 4.61. The second-order valence-electron chi connectivity index (χ2n) is 3.03. The summed E-state index contributed by atoms with van der Waals surface area (Å²) in [7, 11) is 0. The third-order valence-electron chi connectivity index (χ3n) is 1.95. The lowest BCUT2D eigenvalue weighted by Gasteiger charge is -2.08. The van der Waals surface area contributed by atoms with E-state index >= 15 is 0 Å². The van der Waals surface area contributed by atoms with Crippen molar-refractivity contribution in [3.63, 3.8) is 0 Å². The Balaban J connectivity index is 2.92. The lowest BCUT2D eigenvalue weighted by molar-refractivity contribution is 0.501. The number of hydrogen-bond acceptors (Lipinski definition) is 2. The van der Waals surface area contributed by atoms with Crippen LogP contribution < -0.4 is 11.1 Å². The second kappa shape index (κ2) is 4.91. The van der Waals surface area contributed by atoms with Gasteiger partial charge in [0.25, 0.3) is 0 Å². The van der Waals surface area contributed by atoms with E-state index in [0.717, 1.165) is 6.42 Å². The molecule has 0 spiro atoms. The van der Waals surface area contributed by atoms with Crippen molar-refractivity contribution >= 4 is 5.69 Å². The molecule has 1 aromatic carbocycles. The van der Waals surface area contributed by atoms with Crippen molar-refractivity contribution in [3.8, 4) is 0 Å². The smallest absolute Gasteiger partial charge is 0.182 e. The third-order valence-corrected chi connectivity index (χ3v) is 1.95. The maximum Gasteiger partial charge on any atom is 0.182 e. The van der Waals surface area contributed by atoms with Gasteiger partial charge in [-0.25, -0.2) is 8.78 Å². The highest BCUT2D eigenvalue weighted by atomic mass is 19.2. The summed E-state index contributed by atoms with van der Waals surface area (Å²) in [6.45, 7) is 2.59. The van der Waals surface area contributed by atoms with Gasteiger partial charge >= 0.3 is 0 Å². The van der Waals surface area contributed by atoms with Gasteiger partial charge in [0.05, 0.1) is 5.69 Å². The standard InChI is InChI=1S/C10H14F2N2/c1-2-5-14-8-4-3-7(6-13)9(11)10(8)12/h3-4,14H,2,5-6,13H2,1H3. The molecule has 0 saturated heterocycles. The first-order valence-electron chi connectivity index (χ1n) is 4.61. The van der Waals surface area contributed by atoms with Crippen molar-refractivity contribution < 1.29 is 8.78 Å². The average molecular weight is 200 g/mol. The van der Waals surface area contributed by atoms with Crippen LogP contribution in [0.1, 0.15) is 18.9 Å². The molecule has 1 rings (SSSR count). The fraction of sp³-hybridized carbons (Fsp3) is 0.400. The van der Waals surface area contributed by atoms with Crippen molar-refractivity contribution in [3.05, 3.63) is 29.3 Å². The Kier molecular flexibility index (Phi) is 3.83. The summed E-state index contributed by atoms with van der Waals surface area (Å²) in [5.74, 6) is -1.70. The zero-order valence-corrected chi connectivity index (χ0v) is 8.11. The molecular formula is C10H14F2N2. The van der Waals surface area contributed by atoms with Crippen molar-refractivity contribution in [1.82, 2.24) is 0 Å². The van der Waals surface area contributed by atoms with Crippen molar-refractivity contribution in [2.45, 2.75) is 19.9 Å². The molecule has 0 heterocycles. The first kappa shape index (κ1) is 10.9. The molecule has 1 aromatic rings. The number of halogens is 2. The predicted molar refractivity (Wildman–Crippen MR) is 53.0 cm³/mol. The highest BCUT2D eigenvalue weighted by Gasteiger charge is 2.11. The Morgan fingerprint density at radius 3 is 2.57 bits per heavy atom. The molecule has 0 unspecified atom stereocenters. The molecule has 0 bridgehead atoms. The molecule has 0 aliphatic heterocycles.